The number of nitrogens with zero attached hydrogens (tertiary/aromatic N) is 3. The molecule has 0 radical (unpaired) electrons. The highest BCUT2D eigenvalue weighted by atomic mass is 35.5. The molecule has 1 fully saturated rings. The molecular formula is C21H24ClN3O4S. The number of aryl methyl sites for hydroxylation is 1. The van der Waals surface area contributed by atoms with Crippen LogP contribution in [0.5, 0.6) is 5.75 Å². The predicted molar refractivity (Wildman–Crippen MR) is 116 cm³/mol. The Bertz CT molecular complexity index is 1040. The van der Waals surface area contributed by atoms with Crippen LogP contribution in [0.25, 0.3) is 0 Å². The van der Waals surface area contributed by atoms with Gasteiger partial charge in [-0.3, -0.25) is 4.79 Å². The molecule has 0 bridgehead atoms. The molecule has 1 amide bonds. The van der Waals surface area contributed by atoms with E-state index in [0.717, 1.165) is 11.1 Å². The maximum absolute atomic E-state index is 13.1. The summed E-state index contributed by atoms with van der Waals surface area (Å²) in [6, 6.07) is 12.8. The van der Waals surface area contributed by atoms with Gasteiger partial charge in [0.2, 0.25) is 5.91 Å². The number of carbonyl (C=O) groups excluding carboxylic acids is 1. The van der Waals surface area contributed by atoms with Crippen LogP contribution in [0.2, 0.25) is 5.02 Å². The Morgan fingerprint density at radius 2 is 1.80 bits per heavy atom. The van der Waals surface area contributed by atoms with Crippen molar-refractivity contribution in [3.05, 3.63) is 58.6 Å². The first-order chi connectivity index (χ1) is 14.3. The van der Waals surface area contributed by atoms with Crippen molar-refractivity contribution in [2.45, 2.75) is 19.9 Å². The number of fused-ring (bicyclic) bond motifs is 1. The van der Waals surface area contributed by atoms with Crippen LogP contribution in [0.3, 0.4) is 0 Å². The normalized spacial score (nSPS) is 19.2. The number of carbonyl (C=O) groups is 1. The van der Waals surface area contributed by atoms with E-state index in [1.165, 1.54) is 8.61 Å². The average Bonchev–Trinajstić information content (AvgIpc) is 2.72. The largest absolute Gasteiger partial charge is 0.490 e. The number of benzene rings is 2. The van der Waals surface area contributed by atoms with E-state index in [1.807, 2.05) is 37.3 Å². The summed E-state index contributed by atoms with van der Waals surface area (Å²) in [7, 11) is -3.74. The van der Waals surface area contributed by atoms with Crippen molar-refractivity contribution in [1.82, 2.24) is 8.61 Å². The summed E-state index contributed by atoms with van der Waals surface area (Å²) in [5.41, 5.74) is 2.56. The monoisotopic (exact) mass is 449 g/mol. The summed E-state index contributed by atoms with van der Waals surface area (Å²) in [6.07, 6.45) is 0.666. The molecule has 4 rings (SSSR count). The molecule has 1 saturated heterocycles. The van der Waals surface area contributed by atoms with Crippen LogP contribution in [0.4, 0.5) is 5.69 Å². The van der Waals surface area contributed by atoms with Gasteiger partial charge in [0, 0.05) is 24.7 Å². The molecule has 2 heterocycles. The van der Waals surface area contributed by atoms with Crippen molar-refractivity contribution in [2.75, 3.05) is 37.7 Å². The molecule has 160 valence electrons. The van der Waals surface area contributed by atoms with Gasteiger partial charge < -0.3 is 9.64 Å². The van der Waals surface area contributed by atoms with E-state index in [1.54, 1.807) is 17.0 Å². The van der Waals surface area contributed by atoms with E-state index >= 15 is 0 Å². The van der Waals surface area contributed by atoms with E-state index in [0.29, 0.717) is 49.1 Å². The summed E-state index contributed by atoms with van der Waals surface area (Å²) >= 11 is 5.92. The number of rotatable bonds is 4. The zero-order chi connectivity index (χ0) is 21.3. The van der Waals surface area contributed by atoms with E-state index < -0.39 is 10.2 Å². The third-order valence-electron chi connectivity index (χ3n) is 5.33. The number of amides is 1. The van der Waals surface area contributed by atoms with Crippen molar-refractivity contribution in [1.29, 1.82) is 0 Å². The van der Waals surface area contributed by atoms with Gasteiger partial charge in [0.1, 0.15) is 12.4 Å². The maximum atomic E-state index is 13.1. The summed E-state index contributed by atoms with van der Waals surface area (Å²) < 4.78 is 34.6. The minimum Gasteiger partial charge on any atom is -0.490 e. The zero-order valence-corrected chi connectivity index (χ0v) is 18.3. The van der Waals surface area contributed by atoms with Crippen molar-refractivity contribution < 1.29 is 17.9 Å². The smallest absolute Gasteiger partial charge is 0.282 e. The third-order valence-corrected chi connectivity index (χ3v) is 7.51. The molecule has 30 heavy (non-hydrogen) atoms. The molecule has 0 N–H and O–H groups in total. The molecule has 9 heteroatoms. The summed E-state index contributed by atoms with van der Waals surface area (Å²) in [4.78, 5) is 14.7. The standard InChI is InChI=1S/C21H24ClN3O4S/c1-16-3-8-20-19(13-16)25(11-12-29-20)21(26)15-24-10-2-9-23(30(24,27)28)14-17-4-6-18(22)7-5-17/h3-8,13H,2,9-12,14-15H2,1H3. The topological polar surface area (TPSA) is 70.2 Å². The Morgan fingerprint density at radius 3 is 2.57 bits per heavy atom. The Hall–Kier alpha value is -2.13. The number of halogens is 1. The molecule has 0 unspecified atom stereocenters. The highest BCUT2D eigenvalue weighted by molar-refractivity contribution is 7.86. The number of ether oxygens (including phenoxy) is 1. The number of hydrogen-bond donors (Lipinski definition) is 0. The highest BCUT2D eigenvalue weighted by Crippen LogP contribution is 2.32. The van der Waals surface area contributed by atoms with E-state index in [4.69, 9.17) is 16.3 Å². The first-order valence-corrected chi connectivity index (χ1v) is 11.7. The van der Waals surface area contributed by atoms with Gasteiger partial charge in [0.05, 0.1) is 18.8 Å². The van der Waals surface area contributed by atoms with Crippen molar-refractivity contribution >= 4 is 33.4 Å². The second kappa shape index (κ2) is 8.55. The fraction of sp³-hybridized carbons (Fsp3) is 0.381. The molecule has 0 aliphatic carbocycles. The molecule has 0 aromatic heterocycles. The maximum Gasteiger partial charge on any atom is 0.282 e. The lowest BCUT2D eigenvalue weighted by molar-refractivity contribution is -0.119. The van der Waals surface area contributed by atoms with Gasteiger partial charge in [-0.15, -0.1) is 0 Å². The second-order valence-corrected chi connectivity index (χ2v) is 9.88. The summed E-state index contributed by atoms with van der Waals surface area (Å²) in [5, 5.41) is 0.605. The summed E-state index contributed by atoms with van der Waals surface area (Å²) in [5.74, 6) is 0.396. The molecule has 2 aliphatic heterocycles. The SMILES string of the molecule is Cc1ccc2c(c1)N(C(=O)CN1CCCN(Cc3ccc(Cl)cc3)S1(=O)=O)CCO2. The fourth-order valence-corrected chi connectivity index (χ4v) is 5.51. The van der Waals surface area contributed by atoms with Crippen LogP contribution < -0.4 is 9.64 Å². The Labute approximate surface area is 182 Å². The Kier molecular flexibility index (Phi) is 6.02. The molecule has 7 nitrogen and oxygen atoms in total. The van der Waals surface area contributed by atoms with E-state index in [-0.39, 0.29) is 19.0 Å². The van der Waals surface area contributed by atoms with Crippen LogP contribution in [0.15, 0.2) is 42.5 Å². The van der Waals surface area contributed by atoms with Crippen molar-refractivity contribution in [2.24, 2.45) is 0 Å². The second-order valence-electron chi connectivity index (χ2n) is 7.52. The van der Waals surface area contributed by atoms with Crippen LogP contribution in [-0.4, -0.2) is 55.7 Å². The molecule has 2 aliphatic rings. The number of anilines is 1. The molecular weight excluding hydrogens is 426 g/mol. The minimum atomic E-state index is -3.74. The van der Waals surface area contributed by atoms with Gasteiger partial charge in [-0.1, -0.05) is 29.8 Å². The Balaban J connectivity index is 1.50. The third kappa shape index (κ3) is 4.32. The lowest BCUT2D eigenvalue weighted by Crippen LogP contribution is -2.53. The van der Waals surface area contributed by atoms with Crippen molar-refractivity contribution in [3.63, 3.8) is 0 Å². The zero-order valence-electron chi connectivity index (χ0n) is 16.8. The molecule has 2 aromatic carbocycles. The van der Waals surface area contributed by atoms with Gasteiger partial charge in [-0.2, -0.15) is 17.0 Å². The van der Waals surface area contributed by atoms with E-state index in [9.17, 15) is 13.2 Å². The van der Waals surface area contributed by atoms with Gasteiger partial charge in [-0.05, 0) is 48.7 Å². The van der Waals surface area contributed by atoms with E-state index in [2.05, 4.69) is 0 Å². The molecule has 2 aromatic rings. The Morgan fingerprint density at radius 1 is 1.07 bits per heavy atom. The van der Waals surface area contributed by atoms with Gasteiger partial charge in [0.25, 0.3) is 10.2 Å². The number of hydrogen-bond acceptors (Lipinski definition) is 4. The fourth-order valence-electron chi connectivity index (χ4n) is 3.76. The van der Waals surface area contributed by atoms with Gasteiger partial charge >= 0.3 is 0 Å². The van der Waals surface area contributed by atoms with Crippen LogP contribution in [0.1, 0.15) is 17.5 Å². The first-order valence-electron chi connectivity index (χ1n) is 9.88. The van der Waals surface area contributed by atoms with Crippen LogP contribution in [0, 0.1) is 6.92 Å². The molecule has 0 atom stereocenters. The first kappa shape index (κ1) is 21.1. The lowest BCUT2D eigenvalue weighted by Gasteiger charge is -2.36. The predicted octanol–water partition coefficient (Wildman–Crippen LogP) is 2.83. The summed E-state index contributed by atoms with van der Waals surface area (Å²) in [6.45, 7) is 3.55. The van der Waals surface area contributed by atoms with Crippen LogP contribution >= 0.6 is 11.6 Å². The molecule has 0 saturated carbocycles. The quantitative estimate of drug-likeness (QED) is 0.719. The lowest BCUT2D eigenvalue weighted by atomic mass is 10.1. The highest BCUT2D eigenvalue weighted by Gasteiger charge is 2.36. The van der Waals surface area contributed by atoms with Crippen LogP contribution in [-0.2, 0) is 21.5 Å². The van der Waals surface area contributed by atoms with Crippen molar-refractivity contribution in [3.8, 4) is 5.75 Å². The average molecular weight is 450 g/mol. The van der Waals surface area contributed by atoms with Gasteiger partial charge in [0.15, 0.2) is 0 Å². The van der Waals surface area contributed by atoms with Gasteiger partial charge in [-0.25, -0.2) is 0 Å². The minimum absolute atomic E-state index is 0.188. The molecule has 0 spiro atoms.